The average molecular weight is 229 g/mol. The molecule has 1 saturated heterocycles. The van der Waals surface area contributed by atoms with Crippen molar-refractivity contribution in [2.75, 3.05) is 23.8 Å². The van der Waals surface area contributed by atoms with E-state index in [1.54, 1.807) is 0 Å². The fourth-order valence-corrected chi connectivity index (χ4v) is 1.46. The highest BCUT2D eigenvalue weighted by atomic mass is 19.3. The van der Waals surface area contributed by atoms with Crippen molar-refractivity contribution in [3.05, 3.63) is 17.8 Å². The molecule has 1 fully saturated rings. The number of rotatable bonds is 2. The second kappa shape index (κ2) is 3.92. The number of carbonyl (C=O) groups is 1. The minimum atomic E-state index is -2.74. The van der Waals surface area contributed by atoms with Crippen LogP contribution in [0.5, 0.6) is 0 Å². The molecule has 1 amide bonds. The van der Waals surface area contributed by atoms with Gasteiger partial charge in [0.25, 0.3) is 6.43 Å². The molecule has 2 rings (SSSR count). The molecule has 5 nitrogen and oxygen atoms in total. The molecule has 0 unspecified atom stereocenters. The number of carbonyl (C=O) groups excluding carboxylic acids is 1. The lowest BCUT2D eigenvalue weighted by Gasteiger charge is -2.15. The van der Waals surface area contributed by atoms with Crippen LogP contribution in [0.25, 0.3) is 0 Å². The Morgan fingerprint density at radius 3 is 2.88 bits per heavy atom. The number of halogens is 2. The summed E-state index contributed by atoms with van der Waals surface area (Å²) >= 11 is 0. The van der Waals surface area contributed by atoms with Gasteiger partial charge >= 0.3 is 6.09 Å². The van der Waals surface area contributed by atoms with Crippen LogP contribution >= 0.6 is 0 Å². The molecule has 2 heterocycles. The number of aromatic nitrogens is 1. The summed E-state index contributed by atoms with van der Waals surface area (Å²) in [7, 11) is 0. The number of ether oxygens (including phenoxy) is 1. The van der Waals surface area contributed by atoms with Crippen molar-refractivity contribution in [3.8, 4) is 0 Å². The Hall–Kier alpha value is -1.92. The van der Waals surface area contributed by atoms with E-state index in [2.05, 4.69) is 9.72 Å². The maximum atomic E-state index is 12.7. The van der Waals surface area contributed by atoms with E-state index in [9.17, 15) is 13.6 Å². The highest BCUT2D eigenvalue weighted by Gasteiger charge is 2.29. The van der Waals surface area contributed by atoms with Gasteiger partial charge in [0, 0.05) is 0 Å². The fourth-order valence-electron chi connectivity index (χ4n) is 1.46. The van der Waals surface area contributed by atoms with Gasteiger partial charge in [-0.2, -0.15) is 0 Å². The Morgan fingerprint density at radius 1 is 1.56 bits per heavy atom. The molecule has 0 bridgehead atoms. The van der Waals surface area contributed by atoms with Gasteiger partial charge in [-0.3, -0.25) is 4.90 Å². The molecule has 1 aliphatic rings. The van der Waals surface area contributed by atoms with E-state index >= 15 is 0 Å². The summed E-state index contributed by atoms with van der Waals surface area (Å²) in [6, 6.07) is 1.11. The van der Waals surface area contributed by atoms with Gasteiger partial charge in [-0.15, -0.1) is 0 Å². The van der Waals surface area contributed by atoms with Gasteiger partial charge in [0.1, 0.15) is 12.4 Å². The van der Waals surface area contributed by atoms with E-state index in [1.165, 1.54) is 6.20 Å². The number of nitrogens with zero attached hydrogens (tertiary/aromatic N) is 2. The second-order valence-corrected chi connectivity index (χ2v) is 3.25. The normalized spacial score (nSPS) is 15.7. The number of alkyl halides is 2. The van der Waals surface area contributed by atoms with E-state index in [4.69, 9.17) is 5.73 Å². The standard InChI is InChI=1S/C9H9F2N3O2/c10-7(11)6-3-5(12)4-13-8(6)14-1-2-16-9(14)15/h3-4,7H,1-2,12H2. The van der Waals surface area contributed by atoms with Crippen molar-refractivity contribution in [1.82, 2.24) is 4.98 Å². The Labute approximate surface area is 89.8 Å². The molecule has 0 spiro atoms. The summed E-state index contributed by atoms with van der Waals surface area (Å²) in [4.78, 5) is 16.0. The molecule has 0 aliphatic carbocycles. The van der Waals surface area contributed by atoms with Gasteiger partial charge in [-0.05, 0) is 6.07 Å². The van der Waals surface area contributed by atoms with Crippen LogP contribution in [0.3, 0.4) is 0 Å². The van der Waals surface area contributed by atoms with Crippen molar-refractivity contribution >= 4 is 17.6 Å². The maximum absolute atomic E-state index is 12.7. The zero-order valence-corrected chi connectivity index (χ0v) is 8.19. The number of anilines is 2. The average Bonchev–Trinajstić information content (AvgIpc) is 2.64. The van der Waals surface area contributed by atoms with E-state index in [0.717, 1.165) is 11.0 Å². The number of amides is 1. The summed E-state index contributed by atoms with van der Waals surface area (Å²) in [5, 5.41) is 0. The van der Waals surface area contributed by atoms with E-state index < -0.39 is 12.5 Å². The minimum Gasteiger partial charge on any atom is -0.447 e. The van der Waals surface area contributed by atoms with Crippen molar-refractivity contribution in [1.29, 1.82) is 0 Å². The van der Waals surface area contributed by atoms with Gasteiger partial charge < -0.3 is 10.5 Å². The van der Waals surface area contributed by atoms with Crippen molar-refractivity contribution in [3.63, 3.8) is 0 Å². The molecule has 16 heavy (non-hydrogen) atoms. The predicted molar refractivity (Wildman–Crippen MR) is 52.3 cm³/mol. The smallest absolute Gasteiger partial charge is 0.415 e. The summed E-state index contributed by atoms with van der Waals surface area (Å²) in [5.74, 6) is -0.0910. The third-order valence-electron chi connectivity index (χ3n) is 2.17. The number of nitrogens with two attached hydrogens (primary N) is 1. The monoisotopic (exact) mass is 229 g/mol. The second-order valence-electron chi connectivity index (χ2n) is 3.25. The molecule has 86 valence electrons. The highest BCUT2D eigenvalue weighted by Crippen LogP contribution is 2.30. The minimum absolute atomic E-state index is 0.0910. The third-order valence-corrected chi connectivity index (χ3v) is 2.17. The lowest BCUT2D eigenvalue weighted by Crippen LogP contribution is -2.25. The number of hydrogen-bond donors (Lipinski definition) is 1. The molecular weight excluding hydrogens is 220 g/mol. The van der Waals surface area contributed by atoms with Crippen LogP contribution in [0.4, 0.5) is 25.1 Å². The predicted octanol–water partition coefficient (Wildman–Crippen LogP) is 1.56. The Kier molecular flexibility index (Phi) is 2.59. The zero-order chi connectivity index (χ0) is 11.7. The summed E-state index contributed by atoms with van der Waals surface area (Å²) in [6.45, 7) is 0.392. The van der Waals surface area contributed by atoms with Gasteiger partial charge in [0.2, 0.25) is 0 Å². The van der Waals surface area contributed by atoms with Crippen molar-refractivity contribution < 1.29 is 18.3 Å². The molecule has 0 radical (unpaired) electrons. The third kappa shape index (κ3) is 1.75. The van der Waals surface area contributed by atoms with Gasteiger partial charge in [0.15, 0.2) is 0 Å². The maximum Gasteiger partial charge on any atom is 0.415 e. The first-order valence-corrected chi connectivity index (χ1v) is 4.57. The topological polar surface area (TPSA) is 68.4 Å². The summed E-state index contributed by atoms with van der Waals surface area (Å²) in [5.41, 5.74) is 5.14. The van der Waals surface area contributed by atoms with Gasteiger partial charge in [-0.25, -0.2) is 18.6 Å². The Morgan fingerprint density at radius 2 is 2.31 bits per heavy atom. The molecule has 0 saturated carbocycles. The molecule has 1 aliphatic heterocycles. The Bertz CT molecular complexity index is 425. The highest BCUT2D eigenvalue weighted by molar-refractivity contribution is 5.89. The van der Waals surface area contributed by atoms with E-state index in [-0.39, 0.29) is 30.2 Å². The van der Waals surface area contributed by atoms with Crippen LogP contribution in [0.15, 0.2) is 12.3 Å². The van der Waals surface area contributed by atoms with Crippen LogP contribution in [0.2, 0.25) is 0 Å². The molecule has 1 aromatic heterocycles. The lowest BCUT2D eigenvalue weighted by atomic mass is 10.2. The quantitative estimate of drug-likeness (QED) is 0.835. The van der Waals surface area contributed by atoms with Crippen LogP contribution in [0.1, 0.15) is 12.0 Å². The molecule has 1 aromatic rings. The van der Waals surface area contributed by atoms with E-state index in [1.807, 2.05) is 0 Å². The van der Waals surface area contributed by atoms with Crippen LogP contribution < -0.4 is 10.6 Å². The molecule has 2 N–H and O–H groups in total. The Balaban J connectivity index is 2.43. The molecule has 7 heteroatoms. The van der Waals surface area contributed by atoms with Crippen molar-refractivity contribution in [2.45, 2.75) is 6.43 Å². The first-order chi connectivity index (χ1) is 7.59. The first-order valence-electron chi connectivity index (χ1n) is 4.57. The van der Waals surface area contributed by atoms with Gasteiger partial charge in [-0.1, -0.05) is 0 Å². The van der Waals surface area contributed by atoms with Crippen LogP contribution in [0, 0.1) is 0 Å². The van der Waals surface area contributed by atoms with Crippen molar-refractivity contribution in [2.24, 2.45) is 0 Å². The van der Waals surface area contributed by atoms with Crippen LogP contribution in [-0.2, 0) is 4.74 Å². The number of pyridine rings is 1. The van der Waals surface area contributed by atoms with E-state index in [0.29, 0.717) is 0 Å². The lowest BCUT2D eigenvalue weighted by molar-refractivity contribution is 0.151. The summed E-state index contributed by atoms with van der Waals surface area (Å²) in [6.07, 6.45) is -2.18. The van der Waals surface area contributed by atoms with Crippen LogP contribution in [-0.4, -0.2) is 24.2 Å². The summed E-state index contributed by atoms with van der Waals surface area (Å²) < 4.78 is 30.1. The number of hydrogen-bond acceptors (Lipinski definition) is 4. The zero-order valence-electron chi connectivity index (χ0n) is 8.19. The fraction of sp³-hybridized carbons (Fsp3) is 0.333. The molecular formula is C9H9F2N3O2. The first kappa shape index (κ1) is 10.6. The van der Waals surface area contributed by atoms with Gasteiger partial charge in [0.05, 0.1) is 24.0 Å². The molecule has 0 atom stereocenters. The largest absolute Gasteiger partial charge is 0.447 e. The molecule has 0 aromatic carbocycles. The number of nitrogen functional groups attached to an aromatic ring is 1. The number of cyclic esters (lactones) is 1. The SMILES string of the molecule is Nc1cnc(N2CCOC2=O)c(C(F)F)c1.